The molecule has 1 unspecified atom stereocenters. The van der Waals surface area contributed by atoms with Crippen molar-refractivity contribution in [3.63, 3.8) is 0 Å². The summed E-state index contributed by atoms with van der Waals surface area (Å²) in [6.07, 6.45) is 0.761. The molecular weight excluding hydrogens is 367 g/mol. The fraction of sp³-hybridized carbons (Fsp3) is 0.438. The van der Waals surface area contributed by atoms with Gasteiger partial charge in [-0.2, -0.15) is 0 Å². The zero-order chi connectivity index (χ0) is 19.0. The third-order valence-electron chi connectivity index (χ3n) is 3.39. The Bertz CT molecular complexity index is 620. The number of anilines is 1. The van der Waals surface area contributed by atoms with E-state index in [2.05, 4.69) is 16.0 Å². The number of rotatable bonds is 7. The molecule has 25 heavy (non-hydrogen) atoms. The standard InChI is InChI=1S/C16H22Cl2N4O3/c1-4-10(2)19-16(25)21-14(24)9-22(3)8-13(23)20-15-11(17)6-5-7-12(15)18/h5-7,10H,4,8-9H2,1-3H3,(H,20,23)(H2,19,21,24,25)/p+1/t10-/m1/s1. The Kier molecular flexibility index (Phi) is 8.68. The number of amides is 4. The molecule has 1 rings (SSSR count). The molecular formula is C16H23Cl2N4O3+. The first-order valence-electron chi connectivity index (χ1n) is 7.88. The molecule has 0 bridgehead atoms. The molecule has 0 aliphatic rings. The van der Waals surface area contributed by atoms with Gasteiger partial charge in [0.15, 0.2) is 13.1 Å². The van der Waals surface area contributed by atoms with Gasteiger partial charge in [-0.15, -0.1) is 0 Å². The maximum Gasteiger partial charge on any atom is 0.321 e. The summed E-state index contributed by atoms with van der Waals surface area (Å²) in [5.74, 6) is -0.814. The van der Waals surface area contributed by atoms with Gasteiger partial charge in [-0.1, -0.05) is 36.2 Å². The van der Waals surface area contributed by atoms with E-state index in [1.165, 1.54) is 0 Å². The van der Waals surface area contributed by atoms with Gasteiger partial charge in [0.25, 0.3) is 11.8 Å². The molecule has 0 saturated carbocycles. The zero-order valence-electron chi connectivity index (χ0n) is 14.4. The monoisotopic (exact) mass is 389 g/mol. The van der Waals surface area contributed by atoms with Gasteiger partial charge in [-0.25, -0.2) is 4.79 Å². The van der Waals surface area contributed by atoms with Gasteiger partial charge in [0, 0.05) is 6.04 Å². The van der Waals surface area contributed by atoms with Crippen molar-refractivity contribution in [2.45, 2.75) is 26.3 Å². The number of carbonyl (C=O) groups is 3. The van der Waals surface area contributed by atoms with Crippen LogP contribution in [0.15, 0.2) is 18.2 Å². The summed E-state index contributed by atoms with van der Waals surface area (Å²) in [7, 11) is 1.67. The molecule has 4 N–H and O–H groups in total. The van der Waals surface area contributed by atoms with E-state index in [0.717, 1.165) is 6.42 Å². The fourth-order valence-corrected chi connectivity index (χ4v) is 2.44. The highest BCUT2D eigenvalue weighted by molar-refractivity contribution is 6.39. The highest BCUT2D eigenvalue weighted by atomic mass is 35.5. The van der Waals surface area contributed by atoms with Crippen molar-refractivity contribution in [1.82, 2.24) is 10.6 Å². The van der Waals surface area contributed by atoms with E-state index in [1.54, 1.807) is 25.2 Å². The average Bonchev–Trinajstić information content (AvgIpc) is 2.50. The average molecular weight is 390 g/mol. The van der Waals surface area contributed by atoms with Crippen LogP contribution in [0.3, 0.4) is 0 Å². The maximum atomic E-state index is 12.1. The minimum absolute atomic E-state index is 0.0158. The molecule has 2 atom stereocenters. The van der Waals surface area contributed by atoms with Crippen LogP contribution in [-0.4, -0.2) is 44.0 Å². The molecule has 0 aliphatic carbocycles. The molecule has 4 amide bonds. The number of hydrogen-bond acceptors (Lipinski definition) is 3. The van der Waals surface area contributed by atoms with Crippen molar-refractivity contribution in [3.05, 3.63) is 28.2 Å². The summed E-state index contributed by atoms with van der Waals surface area (Å²) < 4.78 is 0. The molecule has 7 nitrogen and oxygen atoms in total. The van der Waals surface area contributed by atoms with Crippen LogP contribution < -0.4 is 20.9 Å². The van der Waals surface area contributed by atoms with Crippen LogP contribution in [0.4, 0.5) is 10.5 Å². The topological polar surface area (TPSA) is 91.7 Å². The summed E-state index contributed by atoms with van der Waals surface area (Å²) in [5.41, 5.74) is 0.334. The van der Waals surface area contributed by atoms with Crippen molar-refractivity contribution >= 4 is 46.7 Å². The number of carbonyl (C=O) groups excluding carboxylic acids is 3. The first-order valence-corrected chi connectivity index (χ1v) is 8.64. The van der Waals surface area contributed by atoms with Gasteiger partial charge in [-0.05, 0) is 25.5 Å². The predicted molar refractivity (Wildman–Crippen MR) is 98.1 cm³/mol. The highest BCUT2D eigenvalue weighted by Gasteiger charge is 2.18. The van der Waals surface area contributed by atoms with Crippen LogP contribution in [0.2, 0.25) is 10.0 Å². The van der Waals surface area contributed by atoms with E-state index in [9.17, 15) is 14.4 Å². The Labute approximate surface area is 157 Å². The van der Waals surface area contributed by atoms with E-state index in [-0.39, 0.29) is 25.0 Å². The molecule has 0 aromatic heterocycles. The van der Waals surface area contributed by atoms with E-state index in [1.807, 2.05) is 13.8 Å². The molecule has 138 valence electrons. The first kappa shape index (κ1) is 21.2. The lowest BCUT2D eigenvalue weighted by Crippen LogP contribution is -3.11. The molecule has 1 aromatic carbocycles. The molecule has 9 heteroatoms. The Morgan fingerprint density at radius 2 is 1.68 bits per heavy atom. The summed E-state index contributed by atoms with van der Waals surface area (Å²) in [5, 5.41) is 8.15. The van der Waals surface area contributed by atoms with Crippen LogP contribution in [0, 0.1) is 0 Å². The van der Waals surface area contributed by atoms with Crippen LogP contribution in [-0.2, 0) is 9.59 Å². The van der Waals surface area contributed by atoms with Crippen molar-refractivity contribution in [3.8, 4) is 0 Å². The van der Waals surface area contributed by atoms with Gasteiger partial charge < -0.3 is 15.5 Å². The molecule has 0 heterocycles. The zero-order valence-corrected chi connectivity index (χ0v) is 15.9. The molecule has 0 radical (unpaired) electrons. The Hall–Kier alpha value is -1.83. The van der Waals surface area contributed by atoms with Gasteiger partial charge in [-0.3, -0.25) is 14.9 Å². The number of imide groups is 1. The molecule has 0 aliphatic heterocycles. The Morgan fingerprint density at radius 1 is 1.12 bits per heavy atom. The van der Waals surface area contributed by atoms with Crippen molar-refractivity contribution in [1.29, 1.82) is 0 Å². The molecule has 0 fully saturated rings. The van der Waals surface area contributed by atoms with Crippen molar-refractivity contribution in [2.75, 3.05) is 25.5 Å². The molecule has 0 saturated heterocycles. The summed E-state index contributed by atoms with van der Waals surface area (Å²) >= 11 is 12.0. The van der Waals surface area contributed by atoms with Gasteiger partial charge in [0.2, 0.25) is 0 Å². The number of likely N-dealkylation sites (N-methyl/N-ethyl adjacent to an activating group) is 1. The largest absolute Gasteiger partial charge is 0.335 e. The van der Waals surface area contributed by atoms with E-state index < -0.39 is 11.9 Å². The van der Waals surface area contributed by atoms with Gasteiger partial charge in [0.1, 0.15) is 0 Å². The van der Waals surface area contributed by atoms with Crippen LogP contribution in [0.5, 0.6) is 0 Å². The normalized spacial score (nSPS) is 12.8. The second kappa shape index (κ2) is 10.2. The lowest BCUT2D eigenvalue weighted by atomic mass is 10.3. The van der Waals surface area contributed by atoms with E-state index in [4.69, 9.17) is 23.2 Å². The van der Waals surface area contributed by atoms with E-state index in [0.29, 0.717) is 20.6 Å². The molecule has 1 aromatic rings. The first-order chi connectivity index (χ1) is 11.7. The Morgan fingerprint density at radius 3 is 2.24 bits per heavy atom. The number of hydrogen-bond donors (Lipinski definition) is 4. The number of benzene rings is 1. The minimum Gasteiger partial charge on any atom is -0.335 e. The second-order valence-electron chi connectivity index (χ2n) is 5.79. The number of nitrogens with one attached hydrogen (secondary N) is 4. The molecule has 0 spiro atoms. The maximum absolute atomic E-state index is 12.1. The number of quaternary nitrogens is 1. The van der Waals surface area contributed by atoms with Crippen molar-refractivity contribution in [2.24, 2.45) is 0 Å². The Balaban J connectivity index is 2.45. The SMILES string of the molecule is CC[C@@H](C)NC(=O)NC(=O)C[NH+](C)CC(=O)Nc1c(Cl)cccc1Cl. The smallest absolute Gasteiger partial charge is 0.321 e. The van der Waals surface area contributed by atoms with Gasteiger partial charge >= 0.3 is 6.03 Å². The lowest BCUT2D eigenvalue weighted by Gasteiger charge is -2.15. The number of para-hydroxylation sites is 1. The summed E-state index contributed by atoms with van der Waals surface area (Å²) in [6.45, 7) is 3.75. The number of urea groups is 1. The van der Waals surface area contributed by atoms with Gasteiger partial charge in [0.05, 0.1) is 22.8 Å². The third kappa shape index (κ3) is 7.72. The predicted octanol–water partition coefficient (Wildman–Crippen LogP) is 1.07. The highest BCUT2D eigenvalue weighted by Crippen LogP contribution is 2.29. The summed E-state index contributed by atoms with van der Waals surface area (Å²) in [4.78, 5) is 36.1. The summed E-state index contributed by atoms with van der Waals surface area (Å²) in [6, 6.07) is 4.33. The second-order valence-corrected chi connectivity index (χ2v) is 6.60. The van der Waals surface area contributed by atoms with Crippen LogP contribution >= 0.6 is 23.2 Å². The fourth-order valence-electron chi connectivity index (χ4n) is 1.94. The van der Waals surface area contributed by atoms with Crippen LogP contribution in [0.1, 0.15) is 20.3 Å². The third-order valence-corrected chi connectivity index (χ3v) is 4.02. The van der Waals surface area contributed by atoms with Crippen molar-refractivity contribution < 1.29 is 19.3 Å². The number of halogens is 2. The quantitative estimate of drug-likeness (QED) is 0.561. The lowest BCUT2D eigenvalue weighted by molar-refractivity contribution is -0.862. The van der Waals surface area contributed by atoms with Crippen LogP contribution in [0.25, 0.3) is 0 Å². The minimum atomic E-state index is -0.542. The van der Waals surface area contributed by atoms with E-state index >= 15 is 0 Å².